The number of ketones is 1. The number of hydrogen-bond acceptors (Lipinski definition) is 5. The molecule has 4 rings (SSSR count). The van der Waals surface area contributed by atoms with Gasteiger partial charge in [0, 0.05) is 17.0 Å². The molecule has 0 radical (unpaired) electrons. The van der Waals surface area contributed by atoms with Gasteiger partial charge in [-0.15, -0.1) is 0 Å². The summed E-state index contributed by atoms with van der Waals surface area (Å²) < 4.78 is 5.49. The lowest BCUT2D eigenvalue weighted by Gasteiger charge is -2.37. The SMILES string of the molecule is CCOC(=O)[C@@]1(C#N)[C@H](c2ccccc2)[C@@H](C(=O)C(C)(C)C)N2c3ccccc3C=C[C@H]21. The predicted octanol–water partition coefficient (Wildman–Crippen LogP) is 4.74. The molecule has 0 bridgehead atoms. The van der Waals surface area contributed by atoms with Gasteiger partial charge in [-0.2, -0.15) is 5.26 Å². The first-order chi connectivity index (χ1) is 15.3. The monoisotopic (exact) mass is 428 g/mol. The topological polar surface area (TPSA) is 70.4 Å². The number of carbonyl (C=O) groups excluding carboxylic acids is 2. The lowest BCUT2D eigenvalue weighted by molar-refractivity contribution is -0.152. The molecule has 2 aromatic rings. The number of benzene rings is 2. The number of nitriles is 1. The summed E-state index contributed by atoms with van der Waals surface area (Å²) in [7, 11) is 0. The molecule has 1 saturated heterocycles. The number of rotatable bonds is 4. The lowest BCUT2D eigenvalue weighted by Crippen LogP contribution is -2.48. The Morgan fingerprint density at radius 2 is 1.75 bits per heavy atom. The van der Waals surface area contributed by atoms with E-state index in [0.29, 0.717) is 0 Å². The summed E-state index contributed by atoms with van der Waals surface area (Å²) in [5.41, 5.74) is 0.362. The van der Waals surface area contributed by atoms with E-state index in [-0.39, 0.29) is 12.4 Å². The van der Waals surface area contributed by atoms with Crippen molar-refractivity contribution in [3.05, 3.63) is 71.8 Å². The molecule has 5 heteroatoms. The van der Waals surface area contributed by atoms with E-state index >= 15 is 0 Å². The van der Waals surface area contributed by atoms with Crippen molar-refractivity contribution in [1.29, 1.82) is 5.26 Å². The average molecular weight is 429 g/mol. The zero-order valence-electron chi connectivity index (χ0n) is 18.9. The molecule has 4 atom stereocenters. The van der Waals surface area contributed by atoms with Crippen molar-refractivity contribution in [3.8, 4) is 6.07 Å². The quantitative estimate of drug-likeness (QED) is 0.658. The molecule has 0 amide bonds. The average Bonchev–Trinajstić information content (AvgIpc) is 3.10. The third-order valence-corrected chi connectivity index (χ3v) is 6.51. The van der Waals surface area contributed by atoms with Crippen LogP contribution in [0, 0.1) is 22.2 Å². The molecule has 5 nitrogen and oxygen atoms in total. The number of Topliss-reactive ketones (excluding diaryl/α,β-unsaturated/α-hetero) is 1. The fourth-order valence-corrected chi connectivity index (χ4v) is 5.10. The summed E-state index contributed by atoms with van der Waals surface area (Å²) in [4.78, 5) is 29.5. The van der Waals surface area contributed by atoms with Gasteiger partial charge in [-0.3, -0.25) is 9.59 Å². The minimum Gasteiger partial charge on any atom is -0.465 e. The van der Waals surface area contributed by atoms with E-state index in [9.17, 15) is 14.9 Å². The molecule has 2 aliphatic heterocycles. The van der Waals surface area contributed by atoms with Gasteiger partial charge in [0.25, 0.3) is 0 Å². The van der Waals surface area contributed by atoms with Crippen molar-refractivity contribution in [2.75, 3.05) is 11.5 Å². The van der Waals surface area contributed by atoms with Gasteiger partial charge in [-0.05, 0) is 24.1 Å². The molecule has 2 aromatic carbocycles. The maximum atomic E-state index is 14.0. The second-order valence-corrected chi connectivity index (χ2v) is 9.42. The van der Waals surface area contributed by atoms with Crippen LogP contribution >= 0.6 is 0 Å². The molecular formula is C27H28N2O3. The summed E-state index contributed by atoms with van der Waals surface area (Å²) in [6.45, 7) is 7.55. The minimum atomic E-state index is -1.56. The molecule has 2 heterocycles. The Balaban J connectivity index is 2.05. The van der Waals surface area contributed by atoms with E-state index in [4.69, 9.17) is 4.74 Å². The van der Waals surface area contributed by atoms with E-state index in [1.165, 1.54) is 0 Å². The summed E-state index contributed by atoms with van der Waals surface area (Å²) in [5, 5.41) is 10.6. The van der Waals surface area contributed by atoms with Crippen molar-refractivity contribution in [1.82, 2.24) is 0 Å². The zero-order valence-corrected chi connectivity index (χ0v) is 18.9. The van der Waals surface area contributed by atoms with E-state index in [1.54, 1.807) is 6.92 Å². The first-order valence-corrected chi connectivity index (χ1v) is 11.0. The van der Waals surface area contributed by atoms with Gasteiger partial charge in [0.1, 0.15) is 0 Å². The van der Waals surface area contributed by atoms with Crippen LogP contribution < -0.4 is 4.90 Å². The Kier molecular flexibility index (Phi) is 5.42. The zero-order chi connectivity index (χ0) is 23.1. The van der Waals surface area contributed by atoms with Gasteiger partial charge in [0.15, 0.2) is 11.2 Å². The Hall–Kier alpha value is -3.39. The van der Waals surface area contributed by atoms with Gasteiger partial charge in [-0.25, -0.2) is 0 Å². The third-order valence-electron chi connectivity index (χ3n) is 6.51. The van der Waals surface area contributed by atoms with Crippen LogP contribution in [0.2, 0.25) is 0 Å². The van der Waals surface area contributed by atoms with Gasteiger partial charge in [-0.1, -0.05) is 81.5 Å². The molecule has 0 N–H and O–H groups in total. The fraction of sp³-hybridized carbons (Fsp3) is 0.370. The van der Waals surface area contributed by atoms with Crippen LogP contribution in [-0.4, -0.2) is 30.4 Å². The first-order valence-electron chi connectivity index (χ1n) is 11.0. The summed E-state index contributed by atoms with van der Waals surface area (Å²) in [6.07, 6.45) is 3.82. The van der Waals surface area contributed by atoms with E-state index in [0.717, 1.165) is 16.8 Å². The highest BCUT2D eigenvalue weighted by Crippen LogP contribution is 2.56. The maximum Gasteiger partial charge on any atom is 0.329 e. The molecular weight excluding hydrogens is 400 g/mol. The molecule has 164 valence electrons. The van der Waals surface area contributed by atoms with Crippen LogP contribution in [0.1, 0.15) is 44.7 Å². The number of hydrogen-bond donors (Lipinski definition) is 0. The molecule has 0 saturated carbocycles. The van der Waals surface area contributed by atoms with Crippen LogP contribution in [0.3, 0.4) is 0 Å². The molecule has 32 heavy (non-hydrogen) atoms. The second-order valence-electron chi connectivity index (χ2n) is 9.42. The number of fused-ring (bicyclic) bond motifs is 3. The number of esters is 1. The second kappa shape index (κ2) is 7.94. The third kappa shape index (κ3) is 3.14. The largest absolute Gasteiger partial charge is 0.465 e. The van der Waals surface area contributed by atoms with Crippen molar-refractivity contribution < 1.29 is 14.3 Å². The highest BCUT2D eigenvalue weighted by molar-refractivity contribution is 5.99. The van der Waals surface area contributed by atoms with Crippen molar-refractivity contribution in [3.63, 3.8) is 0 Å². The fourth-order valence-electron chi connectivity index (χ4n) is 5.10. The Morgan fingerprint density at radius 1 is 1.09 bits per heavy atom. The van der Waals surface area contributed by atoms with E-state index < -0.39 is 34.8 Å². The van der Waals surface area contributed by atoms with Crippen LogP contribution in [0.5, 0.6) is 0 Å². The number of ether oxygens (including phenoxy) is 1. The standard InChI is InChI=1S/C27H28N2O3/c1-5-32-25(31)27(17-28)21-16-15-18-11-9-10-14-20(18)29(21)23(24(30)26(2,3)4)22(27)19-12-7-6-8-13-19/h6-16,21-23H,5H2,1-4H3/t21-,22+,23-,27+/m0/s1. The molecule has 2 aliphatic rings. The van der Waals surface area contributed by atoms with E-state index in [1.807, 2.05) is 92.4 Å². The Labute approximate surface area is 189 Å². The summed E-state index contributed by atoms with van der Waals surface area (Å²) >= 11 is 0. The highest BCUT2D eigenvalue weighted by Gasteiger charge is 2.67. The van der Waals surface area contributed by atoms with Gasteiger partial charge >= 0.3 is 5.97 Å². The Morgan fingerprint density at radius 3 is 2.38 bits per heavy atom. The highest BCUT2D eigenvalue weighted by atomic mass is 16.5. The number of carbonyl (C=O) groups is 2. The predicted molar refractivity (Wildman–Crippen MR) is 124 cm³/mol. The summed E-state index contributed by atoms with van der Waals surface area (Å²) in [5.74, 6) is -1.28. The van der Waals surface area contributed by atoms with Crippen molar-refractivity contribution in [2.24, 2.45) is 10.8 Å². The van der Waals surface area contributed by atoms with Gasteiger partial charge in [0.2, 0.25) is 0 Å². The lowest BCUT2D eigenvalue weighted by atomic mass is 9.67. The summed E-state index contributed by atoms with van der Waals surface area (Å²) in [6, 6.07) is 18.3. The maximum absolute atomic E-state index is 14.0. The van der Waals surface area contributed by atoms with Crippen LogP contribution in [0.25, 0.3) is 6.08 Å². The smallest absolute Gasteiger partial charge is 0.329 e. The molecule has 0 spiro atoms. The van der Waals surface area contributed by atoms with Crippen LogP contribution in [0.4, 0.5) is 5.69 Å². The van der Waals surface area contributed by atoms with Crippen LogP contribution in [0.15, 0.2) is 60.7 Å². The van der Waals surface area contributed by atoms with E-state index in [2.05, 4.69) is 6.07 Å². The molecule has 1 fully saturated rings. The molecule has 0 aromatic heterocycles. The van der Waals surface area contributed by atoms with Gasteiger partial charge in [0.05, 0.1) is 24.8 Å². The Bertz CT molecular complexity index is 1110. The van der Waals surface area contributed by atoms with Gasteiger partial charge < -0.3 is 9.64 Å². The first kappa shape index (κ1) is 21.8. The molecule has 0 aliphatic carbocycles. The minimum absolute atomic E-state index is 0.0112. The molecule has 0 unspecified atom stereocenters. The number of para-hydroxylation sites is 1. The van der Waals surface area contributed by atoms with Crippen LogP contribution in [-0.2, 0) is 14.3 Å². The number of anilines is 1. The van der Waals surface area contributed by atoms with Crippen molar-refractivity contribution in [2.45, 2.75) is 45.7 Å². The van der Waals surface area contributed by atoms with Crippen molar-refractivity contribution >= 4 is 23.5 Å². The normalized spacial score (nSPS) is 26.1. The number of nitrogens with zero attached hydrogens (tertiary/aromatic N) is 2.